The third-order valence-electron chi connectivity index (χ3n) is 2.08. The second-order valence-corrected chi connectivity index (χ2v) is 2.94. The van der Waals surface area contributed by atoms with Crippen LogP contribution >= 0.6 is 0 Å². The molecule has 12 heavy (non-hydrogen) atoms. The van der Waals surface area contributed by atoms with Crippen LogP contribution in [0.15, 0.2) is 10.1 Å². The van der Waals surface area contributed by atoms with Crippen LogP contribution in [0.5, 0.6) is 0 Å². The molecule has 2 aliphatic rings. The van der Waals surface area contributed by atoms with Gasteiger partial charge in [-0.25, -0.2) is 0 Å². The highest BCUT2D eigenvalue weighted by Gasteiger charge is 2.28. The van der Waals surface area contributed by atoms with E-state index in [9.17, 15) is 4.79 Å². The van der Waals surface area contributed by atoms with Gasteiger partial charge in [0, 0.05) is 18.9 Å². The highest BCUT2D eigenvalue weighted by Crippen LogP contribution is 2.17. The zero-order valence-corrected chi connectivity index (χ0v) is 6.55. The summed E-state index contributed by atoms with van der Waals surface area (Å²) in [6.45, 7) is 0.569. The maximum Gasteiger partial charge on any atom is 0.227 e. The maximum absolute atomic E-state index is 10.8. The van der Waals surface area contributed by atoms with Gasteiger partial charge in [0.05, 0.1) is 12.5 Å². The van der Waals surface area contributed by atoms with Gasteiger partial charge in [0.2, 0.25) is 5.91 Å². The van der Waals surface area contributed by atoms with Gasteiger partial charge >= 0.3 is 0 Å². The number of carbonyl (C=O) groups is 1. The first-order valence-electron chi connectivity index (χ1n) is 3.89. The van der Waals surface area contributed by atoms with Crippen LogP contribution in [-0.4, -0.2) is 36.1 Å². The van der Waals surface area contributed by atoms with E-state index in [2.05, 4.69) is 10.1 Å². The van der Waals surface area contributed by atoms with Crippen molar-refractivity contribution in [2.45, 2.75) is 12.6 Å². The Balaban J connectivity index is 2.12. The highest BCUT2D eigenvalue weighted by molar-refractivity contribution is 5.93. The van der Waals surface area contributed by atoms with Crippen LogP contribution in [0.4, 0.5) is 0 Å². The Hall–Kier alpha value is -1.39. The summed E-state index contributed by atoms with van der Waals surface area (Å²) in [4.78, 5) is 15.0. The predicted octanol–water partition coefficient (Wildman–Crippen LogP) is -0.810. The summed E-state index contributed by atoms with van der Waals surface area (Å²) < 4.78 is 0. The van der Waals surface area contributed by atoms with Gasteiger partial charge in [-0.2, -0.15) is 5.10 Å². The van der Waals surface area contributed by atoms with E-state index in [1.54, 1.807) is 11.2 Å². The molecule has 0 bridgehead atoms. The molecule has 0 saturated heterocycles. The Morgan fingerprint density at radius 2 is 2.50 bits per heavy atom. The molecular weight excluding hydrogens is 156 g/mol. The third kappa shape index (κ3) is 1.07. The summed E-state index contributed by atoms with van der Waals surface area (Å²) >= 11 is 0. The van der Waals surface area contributed by atoms with Gasteiger partial charge < -0.3 is 5.73 Å². The topological polar surface area (TPSA) is 71.0 Å². The minimum absolute atomic E-state index is 0.112. The molecular formula is C7H10N4O. The van der Waals surface area contributed by atoms with E-state index in [4.69, 9.17) is 5.73 Å². The van der Waals surface area contributed by atoms with Crippen LogP contribution in [0, 0.1) is 5.92 Å². The molecule has 2 N–H and O–H groups in total. The monoisotopic (exact) mass is 166 g/mol. The van der Waals surface area contributed by atoms with Crippen LogP contribution in [0.1, 0.15) is 6.42 Å². The average molecular weight is 166 g/mol. The third-order valence-corrected chi connectivity index (χ3v) is 2.08. The van der Waals surface area contributed by atoms with E-state index in [-0.39, 0.29) is 18.0 Å². The van der Waals surface area contributed by atoms with Crippen LogP contribution in [0.3, 0.4) is 0 Å². The van der Waals surface area contributed by atoms with Crippen molar-refractivity contribution in [2.75, 3.05) is 6.54 Å². The van der Waals surface area contributed by atoms with E-state index in [0.29, 0.717) is 6.54 Å². The van der Waals surface area contributed by atoms with Crippen molar-refractivity contribution in [2.24, 2.45) is 21.7 Å². The van der Waals surface area contributed by atoms with Crippen LogP contribution in [0.2, 0.25) is 0 Å². The van der Waals surface area contributed by atoms with Crippen molar-refractivity contribution in [1.29, 1.82) is 0 Å². The van der Waals surface area contributed by atoms with Gasteiger partial charge in [0.1, 0.15) is 6.17 Å². The molecule has 5 heteroatoms. The number of hydrogen-bond donors (Lipinski definition) is 1. The van der Waals surface area contributed by atoms with E-state index >= 15 is 0 Å². The molecule has 2 aliphatic heterocycles. The summed E-state index contributed by atoms with van der Waals surface area (Å²) in [5.74, 6) is -0.615. The lowest BCUT2D eigenvalue weighted by atomic mass is 10.1. The van der Waals surface area contributed by atoms with Crippen LogP contribution in [-0.2, 0) is 4.79 Å². The summed E-state index contributed by atoms with van der Waals surface area (Å²) in [6, 6.07) is 0. The lowest BCUT2D eigenvalue weighted by Crippen LogP contribution is -2.41. The number of rotatable bonds is 1. The number of nitrogens with zero attached hydrogens (tertiary/aromatic N) is 3. The molecule has 0 radical (unpaired) electrons. The fraction of sp³-hybridized carbons (Fsp3) is 0.571. The van der Waals surface area contributed by atoms with Crippen molar-refractivity contribution < 1.29 is 4.79 Å². The highest BCUT2D eigenvalue weighted by atomic mass is 16.1. The molecule has 5 nitrogen and oxygen atoms in total. The Morgan fingerprint density at radius 3 is 3.25 bits per heavy atom. The fourth-order valence-corrected chi connectivity index (χ4v) is 1.37. The molecule has 1 amide bonds. The molecule has 0 spiro atoms. The quantitative estimate of drug-likeness (QED) is 0.553. The van der Waals surface area contributed by atoms with Crippen molar-refractivity contribution in [3.05, 3.63) is 0 Å². The van der Waals surface area contributed by atoms with E-state index in [0.717, 1.165) is 6.42 Å². The Labute approximate surface area is 69.9 Å². The van der Waals surface area contributed by atoms with Gasteiger partial charge in [-0.1, -0.05) is 0 Å². The van der Waals surface area contributed by atoms with Gasteiger partial charge in [0.15, 0.2) is 0 Å². The number of fused-ring (bicyclic) bond motifs is 1. The molecule has 0 fully saturated rings. The lowest BCUT2D eigenvalue weighted by Gasteiger charge is -2.26. The largest absolute Gasteiger partial charge is 0.369 e. The number of nitrogens with two attached hydrogens (primary N) is 1. The molecule has 2 heterocycles. The minimum Gasteiger partial charge on any atom is -0.369 e. The van der Waals surface area contributed by atoms with Crippen molar-refractivity contribution in [3.63, 3.8) is 0 Å². The average Bonchev–Trinajstić information content (AvgIpc) is 2.49. The molecule has 0 aromatic heterocycles. The molecule has 0 saturated carbocycles. The van der Waals surface area contributed by atoms with E-state index < -0.39 is 0 Å². The standard InChI is InChI=1S/C7H10N4O/c8-7(12)5-3-9-6-1-2-10-11(6)4-5/h2-3,5-6H,1,4H2,(H2,8,12). The Morgan fingerprint density at radius 1 is 1.67 bits per heavy atom. The first-order valence-corrected chi connectivity index (χ1v) is 3.89. The Kier molecular flexibility index (Phi) is 1.56. The van der Waals surface area contributed by atoms with Crippen LogP contribution in [0.25, 0.3) is 0 Å². The minimum atomic E-state index is -0.334. The van der Waals surface area contributed by atoms with Crippen molar-refractivity contribution in [3.8, 4) is 0 Å². The normalized spacial score (nSPS) is 32.2. The van der Waals surface area contributed by atoms with Gasteiger partial charge in [-0.15, -0.1) is 0 Å². The summed E-state index contributed by atoms with van der Waals surface area (Å²) in [7, 11) is 0. The van der Waals surface area contributed by atoms with Crippen molar-refractivity contribution >= 4 is 18.3 Å². The lowest BCUT2D eigenvalue weighted by molar-refractivity contribution is -0.120. The molecule has 2 rings (SSSR count). The zero-order chi connectivity index (χ0) is 8.55. The smallest absolute Gasteiger partial charge is 0.227 e. The SMILES string of the molecule is NC(=O)C1C=NC2CC=NN2C1. The fourth-order valence-electron chi connectivity index (χ4n) is 1.37. The molecule has 0 aromatic carbocycles. The summed E-state index contributed by atoms with van der Waals surface area (Å²) in [5, 5.41) is 5.88. The molecule has 64 valence electrons. The van der Waals surface area contributed by atoms with Gasteiger partial charge in [0.25, 0.3) is 0 Å². The summed E-state index contributed by atoms with van der Waals surface area (Å²) in [5.41, 5.74) is 5.14. The predicted molar refractivity (Wildman–Crippen MR) is 44.8 cm³/mol. The van der Waals surface area contributed by atoms with Gasteiger partial charge in [-0.05, 0) is 0 Å². The first kappa shape index (κ1) is 7.27. The number of amides is 1. The molecule has 0 aliphatic carbocycles. The number of aliphatic imine (C=N–C) groups is 1. The van der Waals surface area contributed by atoms with Crippen molar-refractivity contribution in [1.82, 2.24) is 5.01 Å². The van der Waals surface area contributed by atoms with E-state index in [1.807, 2.05) is 6.21 Å². The number of hydrogen-bond acceptors (Lipinski definition) is 4. The first-order chi connectivity index (χ1) is 5.77. The number of carbonyl (C=O) groups excluding carboxylic acids is 1. The Bertz CT molecular complexity index is 260. The number of hydrazone groups is 1. The summed E-state index contributed by atoms with van der Waals surface area (Å²) in [6.07, 6.45) is 4.39. The number of primary amides is 1. The second-order valence-electron chi connectivity index (χ2n) is 2.94. The van der Waals surface area contributed by atoms with E-state index in [1.165, 1.54) is 0 Å². The molecule has 0 aromatic rings. The maximum atomic E-state index is 10.8. The molecule has 2 atom stereocenters. The zero-order valence-electron chi connectivity index (χ0n) is 6.55. The van der Waals surface area contributed by atoms with Gasteiger partial charge in [-0.3, -0.25) is 14.8 Å². The van der Waals surface area contributed by atoms with Crippen LogP contribution < -0.4 is 5.73 Å². The molecule has 2 unspecified atom stereocenters. The second kappa shape index (κ2) is 2.58.